The zero-order chi connectivity index (χ0) is 12.8. The molecule has 0 radical (unpaired) electrons. The Morgan fingerprint density at radius 2 is 2.11 bits per heavy atom. The standard InChI is InChI=1S/C15H23NO2/c1-12(2)18-15-5-3-4-13(10-15)11-16-14-6-8-17-9-7-14/h3-5,10,12,14,16H,6-9,11H2,1-2H3. The van der Waals surface area contributed by atoms with Gasteiger partial charge in [-0.05, 0) is 44.4 Å². The lowest BCUT2D eigenvalue weighted by atomic mass is 10.1. The Labute approximate surface area is 109 Å². The zero-order valence-electron chi connectivity index (χ0n) is 11.3. The van der Waals surface area contributed by atoms with Gasteiger partial charge in [0.05, 0.1) is 6.10 Å². The molecule has 1 aliphatic heterocycles. The molecule has 18 heavy (non-hydrogen) atoms. The van der Waals surface area contributed by atoms with Crippen molar-refractivity contribution in [2.45, 2.75) is 45.4 Å². The van der Waals surface area contributed by atoms with Gasteiger partial charge in [0.25, 0.3) is 0 Å². The molecule has 0 bridgehead atoms. The summed E-state index contributed by atoms with van der Waals surface area (Å²) in [5.74, 6) is 0.955. The van der Waals surface area contributed by atoms with Crippen LogP contribution in [-0.4, -0.2) is 25.4 Å². The highest BCUT2D eigenvalue weighted by molar-refractivity contribution is 5.28. The van der Waals surface area contributed by atoms with Crippen molar-refractivity contribution in [1.29, 1.82) is 0 Å². The molecule has 0 saturated carbocycles. The molecule has 0 atom stereocenters. The number of hydrogen-bond acceptors (Lipinski definition) is 3. The third-order valence-corrected chi connectivity index (χ3v) is 3.09. The Morgan fingerprint density at radius 1 is 1.33 bits per heavy atom. The lowest BCUT2D eigenvalue weighted by molar-refractivity contribution is 0.0776. The molecule has 0 spiro atoms. The highest BCUT2D eigenvalue weighted by atomic mass is 16.5. The molecule has 100 valence electrons. The SMILES string of the molecule is CC(C)Oc1cccc(CNC2CCOCC2)c1. The summed E-state index contributed by atoms with van der Waals surface area (Å²) in [6.45, 7) is 6.77. The third kappa shape index (κ3) is 4.31. The minimum Gasteiger partial charge on any atom is -0.491 e. The zero-order valence-corrected chi connectivity index (χ0v) is 11.3. The van der Waals surface area contributed by atoms with Gasteiger partial charge < -0.3 is 14.8 Å². The Hall–Kier alpha value is -1.06. The maximum Gasteiger partial charge on any atom is 0.120 e. The van der Waals surface area contributed by atoms with Crippen LogP contribution in [0.25, 0.3) is 0 Å². The minimum absolute atomic E-state index is 0.226. The number of hydrogen-bond donors (Lipinski definition) is 1. The first kappa shape index (κ1) is 13.4. The predicted octanol–water partition coefficient (Wildman–Crippen LogP) is 2.74. The Morgan fingerprint density at radius 3 is 2.83 bits per heavy atom. The molecule has 1 aromatic carbocycles. The maximum atomic E-state index is 5.70. The third-order valence-electron chi connectivity index (χ3n) is 3.09. The number of ether oxygens (including phenoxy) is 2. The fourth-order valence-corrected chi connectivity index (χ4v) is 2.16. The highest BCUT2D eigenvalue weighted by Crippen LogP contribution is 2.15. The van der Waals surface area contributed by atoms with E-state index in [2.05, 4.69) is 23.5 Å². The smallest absolute Gasteiger partial charge is 0.120 e. The summed E-state index contributed by atoms with van der Waals surface area (Å²) in [4.78, 5) is 0. The first-order valence-corrected chi connectivity index (χ1v) is 6.81. The van der Waals surface area contributed by atoms with Crippen molar-refractivity contribution in [1.82, 2.24) is 5.32 Å². The van der Waals surface area contributed by atoms with Crippen LogP contribution in [-0.2, 0) is 11.3 Å². The summed E-state index contributed by atoms with van der Waals surface area (Å²) in [6, 6.07) is 8.91. The predicted molar refractivity (Wildman–Crippen MR) is 72.9 cm³/mol. The van der Waals surface area contributed by atoms with Crippen LogP contribution in [0.15, 0.2) is 24.3 Å². The normalized spacial score (nSPS) is 17.1. The van der Waals surface area contributed by atoms with Crippen molar-refractivity contribution >= 4 is 0 Å². The van der Waals surface area contributed by atoms with Gasteiger partial charge in [-0.2, -0.15) is 0 Å². The number of nitrogens with one attached hydrogen (secondary N) is 1. The lowest BCUT2D eigenvalue weighted by Gasteiger charge is -2.23. The molecular weight excluding hydrogens is 226 g/mol. The molecule has 0 amide bonds. The van der Waals surface area contributed by atoms with Crippen LogP contribution in [0.3, 0.4) is 0 Å². The quantitative estimate of drug-likeness (QED) is 0.870. The van der Waals surface area contributed by atoms with Crippen molar-refractivity contribution in [3.05, 3.63) is 29.8 Å². The molecular formula is C15H23NO2. The summed E-state index contributed by atoms with van der Waals surface area (Å²) in [5, 5.41) is 3.58. The maximum absolute atomic E-state index is 5.70. The Balaban J connectivity index is 1.84. The van der Waals surface area contributed by atoms with Crippen molar-refractivity contribution in [3.8, 4) is 5.75 Å². The lowest BCUT2D eigenvalue weighted by Crippen LogP contribution is -2.34. The van der Waals surface area contributed by atoms with Gasteiger partial charge >= 0.3 is 0 Å². The van der Waals surface area contributed by atoms with Gasteiger partial charge in [0.15, 0.2) is 0 Å². The van der Waals surface area contributed by atoms with Crippen LogP contribution >= 0.6 is 0 Å². The van der Waals surface area contributed by atoms with E-state index in [-0.39, 0.29) is 6.10 Å². The molecule has 1 heterocycles. The van der Waals surface area contributed by atoms with E-state index >= 15 is 0 Å². The molecule has 2 rings (SSSR count). The molecule has 1 N–H and O–H groups in total. The molecule has 0 aromatic heterocycles. The van der Waals surface area contributed by atoms with Gasteiger partial charge in [-0.25, -0.2) is 0 Å². The van der Waals surface area contributed by atoms with Crippen LogP contribution in [0.5, 0.6) is 5.75 Å². The number of rotatable bonds is 5. The summed E-state index contributed by atoms with van der Waals surface area (Å²) < 4.78 is 11.1. The van der Waals surface area contributed by atoms with E-state index < -0.39 is 0 Å². The van der Waals surface area contributed by atoms with Crippen molar-refractivity contribution in [2.24, 2.45) is 0 Å². The molecule has 1 aliphatic rings. The van der Waals surface area contributed by atoms with Crippen LogP contribution in [0, 0.1) is 0 Å². The molecule has 3 heteroatoms. The van der Waals surface area contributed by atoms with Gasteiger partial charge in [0.1, 0.15) is 5.75 Å². The largest absolute Gasteiger partial charge is 0.491 e. The van der Waals surface area contributed by atoms with E-state index in [9.17, 15) is 0 Å². The Kier molecular flexibility index (Phi) is 5.02. The fraction of sp³-hybridized carbons (Fsp3) is 0.600. The van der Waals surface area contributed by atoms with Gasteiger partial charge in [0, 0.05) is 25.8 Å². The van der Waals surface area contributed by atoms with E-state index in [1.165, 1.54) is 5.56 Å². The molecule has 1 aromatic rings. The molecule has 1 fully saturated rings. The van der Waals surface area contributed by atoms with Crippen molar-refractivity contribution < 1.29 is 9.47 Å². The second-order valence-electron chi connectivity index (χ2n) is 5.08. The van der Waals surface area contributed by atoms with Gasteiger partial charge in [0.2, 0.25) is 0 Å². The van der Waals surface area contributed by atoms with Crippen LogP contribution in [0.4, 0.5) is 0 Å². The Bertz CT molecular complexity index is 359. The molecule has 3 nitrogen and oxygen atoms in total. The monoisotopic (exact) mass is 249 g/mol. The summed E-state index contributed by atoms with van der Waals surface area (Å²) in [5.41, 5.74) is 1.28. The first-order valence-electron chi connectivity index (χ1n) is 6.81. The van der Waals surface area contributed by atoms with E-state index in [0.29, 0.717) is 6.04 Å². The van der Waals surface area contributed by atoms with E-state index in [0.717, 1.165) is 38.3 Å². The van der Waals surface area contributed by atoms with E-state index in [4.69, 9.17) is 9.47 Å². The van der Waals surface area contributed by atoms with Crippen LogP contribution in [0.1, 0.15) is 32.3 Å². The average Bonchev–Trinajstić information content (AvgIpc) is 2.37. The van der Waals surface area contributed by atoms with Gasteiger partial charge in [-0.3, -0.25) is 0 Å². The summed E-state index contributed by atoms with van der Waals surface area (Å²) in [7, 11) is 0. The van der Waals surface area contributed by atoms with E-state index in [1.54, 1.807) is 0 Å². The summed E-state index contributed by atoms with van der Waals surface area (Å²) >= 11 is 0. The highest BCUT2D eigenvalue weighted by Gasteiger charge is 2.12. The van der Waals surface area contributed by atoms with Crippen molar-refractivity contribution in [3.63, 3.8) is 0 Å². The van der Waals surface area contributed by atoms with Gasteiger partial charge in [-0.1, -0.05) is 12.1 Å². The van der Waals surface area contributed by atoms with Crippen molar-refractivity contribution in [2.75, 3.05) is 13.2 Å². The molecule has 0 aliphatic carbocycles. The first-order chi connectivity index (χ1) is 8.74. The fourth-order valence-electron chi connectivity index (χ4n) is 2.16. The van der Waals surface area contributed by atoms with Crippen LogP contribution < -0.4 is 10.1 Å². The minimum atomic E-state index is 0.226. The number of benzene rings is 1. The van der Waals surface area contributed by atoms with Crippen LogP contribution in [0.2, 0.25) is 0 Å². The van der Waals surface area contributed by atoms with Gasteiger partial charge in [-0.15, -0.1) is 0 Å². The average molecular weight is 249 g/mol. The van der Waals surface area contributed by atoms with E-state index in [1.807, 2.05) is 19.9 Å². The second kappa shape index (κ2) is 6.76. The topological polar surface area (TPSA) is 30.5 Å². The molecule has 1 saturated heterocycles. The summed E-state index contributed by atoms with van der Waals surface area (Å²) in [6.07, 6.45) is 2.45. The molecule has 0 unspecified atom stereocenters. The second-order valence-corrected chi connectivity index (χ2v) is 5.08.